The van der Waals surface area contributed by atoms with Gasteiger partial charge in [0.25, 0.3) is 0 Å². The second-order valence-corrected chi connectivity index (χ2v) is 5.47. The first-order valence-electron chi connectivity index (χ1n) is 7.15. The number of aryl methyl sites for hydroxylation is 2. The van der Waals surface area contributed by atoms with Crippen LogP contribution in [0.1, 0.15) is 16.7 Å². The fraction of sp³-hybridized carbons (Fsp3) is 0.278. The van der Waals surface area contributed by atoms with Crippen LogP contribution in [0.3, 0.4) is 0 Å². The van der Waals surface area contributed by atoms with Crippen molar-refractivity contribution in [2.75, 3.05) is 18.9 Å². The van der Waals surface area contributed by atoms with Crippen LogP contribution in [0.25, 0.3) is 0 Å². The van der Waals surface area contributed by atoms with E-state index >= 15 is 0 Å². The van der Waals surface area contributed by atoms with Gasteiger partial charge in [0.05, 0.1) is 6.54 Å². The average Bonchev–Trinajstić information content (AvgIpc) is 2.44. The first-order chi connectivity index (χ1) is 10.1. The van der Waals surface area contributed by atoms with Gasteiger partial charge in [-0.2, -0.15) is 0 Å². The Morgan fingerprint density at radius 1 is 1.00 bits per heavy atom. The van der Waals surface area contributed by atoms with Gasteiger partial charge in [0.1, 0.15) is 0 Å². The molecule has 21 heavy (non-hydrogen) atoms. The van der Waals surface area contributed by atoms with Gasteiger partial charge in [-0.15, -0.1) is 0 Å². The van der Waals surface area contributed by atoms with Gasteiger partial charge in [-0.1, -0.05) is 48.5 Å². The number of amides is 1. The summed E-state index contributed by atoms with van der Waals surface area (Å²) in [5, 5.41) is 3.01. The fourth-order valence-corrected chi connectivity index (χ4v) is 2.39. The summed E-state index contributed by atoms with van der Waals surface area (Å²) in [6, 6.07) is 16.2. The minimum Gasteiger partial charge on any atom is -0.324 e. The fourth-order valence-electron chi connectivity index (χ4n) is 2.39. The first-order valence-corrected chi connectivity index (χ1v) is 7.15. The minimum absolute atomic E-state index is 0.0193. The third-order valence-electron chi connectivity index (χ3n) is 3.45. The minimum atomic E-state index is 0.0193. The van der Waals surface area contributed by atoms with Crippen molar-refractivity contribution in [2.24, 2.45) is 0 Å². The molecule has 3 nitrogen and oxygen atoms in total. The summed E-state index contributed by atoms with van der Waals surface area (Å²) >= 11 is 0. The van der Waals surface area contributed by atoms with Crippen LogP contribution in [0.5, 0.6) is 0 Å². The Labute approximate surface area is 126 Å². The van der Waals surface area contributed by atoms with E-state index in [0.29, 0.717) is 6.54 Å². The van der Waals surface area contributed by atoms with Crippen molar-refractivity contribution >= 4 is 11.6 Å². The van der Waals surface area contributed by atoms with Crippen molar-refractivity contribution in [3.8, 4) is 0 Å². The third kappa shape index (κ3) is 4.43. The van der Waals surface area contributed by atoms with Gasteiger partial charge in [0, 0.05) is 12.2 Å². The molecule has 2 aromatic rings. The molecule has 0 aromatic heterocycles. The molecular weight excluding hydrogens is 260 g/mol. The predicted molar refractivity (Wildman–Crippen MR) is 87.3 cm³/mol. The molecule has 0 radical (unpaired) electrons. The van der Waals surface area contributed by atoms with E-state index in [1.807, 2.05) is 62.2 Å². The molecule has 110 valence electrons. The number of nitrogens with zero attached hydrogens (tertiary/aromatic N) is 1. The lowest BCUT2D eigenvalue weighted by molar-refractivity contribution is -0.117. The molecule has 1 amide bonds. The molecule has 0 saturated heterocycles. The molecule has 2 aromatic carbocycles. The van der Waals surface area contributed by atoms with Gasteiger partial charge in [0.15, 0.2) is 0 Å². The van der Waals surface area contributed by atoms with Gasteiger partial charge in [-0.3, -0.25) is 9.69 Å². The number of carbonyl (C=O) groups is 1. The van der Waals surface area contributed by atoms with E-state index in [-0.39, 0.29) is 5.91 Å². The summed E-state index contributed by atoms with van der Waals surface area (Å²) < 4.78 is 0. The van der Waals surface area contributed by atoms with Gasteiger partial charge in [0.2, 0.25) is 5.91 Å². The molecule has 0 aliphatic rings. The lowest BCUT2D eigenvalue weighted by Crippen LogP contribution is -2.30. The molecule has 0 aliphatic carbocycles. The third-order valence-corrected chi connectivity index (χ3v) is 3.45. The number of para-hydroxylation sites is 1. The second kappa shape index (κ2) is 7.04. The van der Waals surface area contributed by atoms with Crippen molar-refractivity contribution < 1.29 is 4.79 Å². The molecule has 0 unspecified atom stereocenters. The highest BCUT2D eigenvalue weighted by molar-refractivity contribution is 5.93. The summed E-state index contributed by atoms with van der Waals surface area (Å²) in [6.45, 7) is 5.16. The van der Waals surface area contributed by atoms with E-state index in [2.05, 4.69) is 17.4 Å². The Bertz CT molecular complexity index is 588. The van der Waals surface area contributed by atoms with E-state index in [1.165, 1.54) is 5.56 Å². The van der Waals surface area contributed by atoms with Crippen LogP contribution in [-0.2, 0) is 11.3 Å². The Kier molecular flexibility index (Phi) is 5.12. The van der Waals surface area contributed by atoms with Crippen LogP contribution in [0.4, 0.5) is 5.69 Å². The monoisotopic (exact) mass is 282 g/mol. The molecule has 0 atom stereocenters. The maximum absolute atomic E-state index is 12.2. The lowest BCUT2D eigenvalue weighted by atomic mass is 10.1. The number of rotatable bonds is 5. The van der Waals surface area contributed by atoms with Gasteiger partial charge in [-0.05, 0) is 37.6 Å². The Morgan fingerprint density at radius 2 is 1.62 bits per heavy atom. The Balaban J connectivity index is 1.92. The van der Waals surface area contributed by atoms with E-state index in [9.17, 15) is 4.79 Å². The van der Waals surface area contributed by atoms with Gasteiger partial charge in [-0.25, -0.2) is 0 Å². The van der Waals surface area contributed by atoms with Crippen LogP contribution < -0.4 is 5.32 Å². The number of anilines is 1. The van der Waals surface area contributed by atoms with Gasteiger partial charge >= 0.3 is 0 Å². The molecule has 0 heterocycles. The standard InChI is InChI=1S/C18H22N2O/c1-14-8-7-9-15(2)18(14)19-17(21)13-20(3)12-16-10-5-4-6-11-16/h4-11H,12-13H2,1-3H3,(H,19,21). The molecule has 2 rings (SSSR count). The molecule has 0 saturated carbocycles. The zero-order valence-electron chi connectivity index (χ0n) is 12.9. The van der Waals surface area contributed by atoms with E-state index in [1.54, 1.807) is 0 Å². The zero-order valence-corrected chi connectivity index (χ0v) is 12.9. The number of carbonyl (C=O) groups excluding carboxylic acids is 1. The first kappa shape index (κ1) is 15.3. The molecule has 1 N–H and O–H groups in total. The van der Waals surface area contributed by atoms with Crippen LogP contribution in [0.15, 0.2) is 48.5 Å². The molecule has 0 fully saturated rings. The summed E-state index contributed by atoms with van der Waals surface area (Å²) in [5.41, 5.74) is 4.32. The quantitative estimate of drug-likeness (QED) is 0.912. The maximum Gasteiger partial charge on any atom is 0.238 e. The predicted octanol–water partition coefficient (Wildman–Crippen LogP) is 3.37. The summed E-state index contributed by atoms with van der Waals surface area (Å²) in [4.78, 5) is 14.2. The second-order valence-electron chi connectivity index (χ2n) is 5.47. The number of benzene rings is 2. The topological polar surface area (TPSA) is 32.3 Å². The van der Waals surface area contributed by atoms with Crippen LogP contribution in [0.2, 0.25) is 0 Å². The molecule has 0 aliphatic heterocycles. The van der Waals surface area contributed by atoms with Crippen LogP contribution >= 0.6 is 0 Å². The molecule has 3 heteroatoms. The average molecular weight is 282 g/mol. The number of likely N-dealkylation sites (N-methyl/N-ethyl adjacent to an activating group) is 1. The smallest absolute Gasteiger partial charge is 0.238 e. The highest BCUT2D eigenvalue weighted by Gasteiger charge is 2.10. The maximum atomic E-state index is 12.2. The summed E-state index contributed by atoms with van der Waals surface area (Å²) in [6.07, 6.45) is 0. The highest BCUT2D eigenvalue weighted by Crippen LogP contribution is 2.19. The zero-order chi connectivity index (χ0) is 15.2. The molecular formula is C18H22N2O. The van der Waals surface area contributed by atoms with Crippen molar-refractivity contribution in [1.29, 1.82) is 0 Å². The number of nitrogens with one attached hydrogen (secondary N) is 1. The van der Waals surface area contributed by atoms with E-state index < -0.39 is 0 Å². The van der Waals surface area contributed by atoms with Crippen LogP contribution in [-0.4, -0.2) is 24.4 Å². The largest absolute Gasteiger partial charge is 0.324 e. The number of hydrogen-bond acceptors (Lipinski definition) is 2. The Morgan fingerprint density at radius 3 is 2.24 bits per heavy atom. The van der Waals surface area contributed by atoms with Gasteiger partial charge < -0.3 is 5.32 Å². The normalized spacial score (nSPS) is 10.7. The van der Waals surface area contributed by atoms with E-state index in [0.717, 1.165) is 23.4 Å². The van der Waals surface area contributed by atoms with Crippen molar-refractivity contribution in [2.45, 2.75) is 20.4 Å². The molecule has 0 spiro atoms. The van der Waals surface area contributed by atoms with Crippen molar-refractivity contribution in [1.82, 2.24) is 4.90 Å². The number of hydrogen-bond donors (Lipinski definition) is 1. The van der Waals surface area contributed by atoms with E-state index in [4.69, 9.17) is 0 Å². The summed E-state index contributed by atoms with van der Waals surface area (Å²) in [7, 11) is 1.96. The molecule has 0 bridgehead atoms. The van der Waals surface area contributed by atoms with Crippen molar-refractivity contribution in [3.63, 3.8) is 0 Å². The van der Waals surface area contributed by atoms with Crippen LogP contribution in [0, 0.1) is 13.8 Å². The SMILES string of the molecule is Cc1cccc(C)c1NC(=O)CN(C)Cc1ccccc1. The lowest BCUT2D eigenvalue weighted by Gasteiger charge is -2.17. The highest BCUT2D eigenvalue weighted by atomic mass is 16.2. The Hall–Kier alpha value is -2.13. The summed E-state index contributed by atoms with van der Waals surface area (Å²) in [5.74, 6) is 0.0193. The van der Waals surface area contributed by atoms with Crippen molar-refractivity contribution in [3.05, 3.63) is 65.2 Å².